The molecule has 2 saturated heterocycles. The van der Waals surface area contributed by atoms with Gasteiger partial charge in [-0.15, -0.1) is 0 Å². The Labute approximate surface area is 177 Å². The maximum atomic E-state index is 12.9. The third-order valence-electron chi connectivity index (χ3n) is 6.43. The molecule has 0 N–H and O–H groups in total. The highest BCUT2D eigenvalue weighted by molar-refractivity contribution is 5.93. The molecule has 2 aromatic carbocycles. The van der Waals surface area contributed by atoms with E-state index in [9.17, 15) is 4.79 Å². The molecule has 0 unspecified atom stereocenters. The standard InChI is InChI=1S/C25H28N4O/c30-24(28-15-7-2-8-16-28)20-13-17-29(18-14-20)25-26-22-12-6-5-11-21(22)23(27-25)19-9-3-1-4-10-19/h1,3-6,9-12,20H,2,7-8,13-18H2. The zero-order valence-electron chi connectivity index (χ0n) is 17.3. The molecule has 1 amide bonds. The second kappa shape index (κ2) is 8.42. The van der Waals surface area contributed by atoms with E-state index in [1.165, 1.54) is 6.42 Å². The Kier molecular flexibility index (Phi) is 5.35. The molecule has 2 aliphatic heterocycles. The summed E-state index contributed by atoms with van der Waals surface area (Å²) in [6, 6.07) is 18.5. The minimum absolute atomic E-state index is 0.147. The summed E-state index contributed by atoms with van der Waals surface area (Å²) >= 11 is 0. The maximum Gasteiger partial charge on any atom is 0.226 e. The van der Waals surface area contributed by atoms with Crippen molar-refractivity contribution in [2.45, 2.75) is 32.1 Å². The van der Waals surface area contributed by atoms with E-state index in [0.717, 1.165) is 80.0 Å². The number of benzene rings is 2. The molecule has 3 aromatic rings. The van der Waals surface area contributed by atoms with Crippen molar-refractivity contribution in [3.63, 3.8) is 0 Å². The predicted molar refractivity (Wildman–Crippen MR) is 120 cm³/mol. The summed E-state index contributed by atoms with van der Waals surface area (Å²) in [5.74, 6) is 1.28. The number of carbonyl (C=O) groups is 1. The normalized spacial score (nSPS) is 18.0. The van der Waals surface area contributed by atoms with E-state index in [1.807, 2.05) is 30.3 Å². The number of hydrogen-bond donors (Lipinski definition) is 0. The van der Waals surface area contributed by atoms with E-state index in [-0.39, 0.29) is 5.92 Å². The summed E-state index contributed by atoms with van der Waals surface area (Å²) in [4.78, 5) is 27.1. The van der Waals surface area contributed by atoms with Crippen LogP contribution in [0.15, 0.2) is 54.6 Å². The highest BCUT2D eigenvalue weighted by Crippen LogP contribution is 2.30. The van der Waals surface area contributed by atoms with Gasteiger partial charge in [-0.1, -0.05) is 48.5 Å². The number of fused-ring (bicyclic) bond motifs is 1. The number of hydrogen-bond acceptors (Lipinski definition) is 4. The van der Waals surface area contributed by atoms with E-state index in [0.29, 0.717) is 5.91 Å². The molecule has 2 aliphatic rings. The first-order chi connectivity index (χ1) is 14.8. The van der Waals surface area contributed by atoms with Gasteiger partial charge in [-0.3, -0.25) is 4.79 Å². The Morgan fingerprint density at radius 2 is 1.50 bits per heavy atom. The average molecular weight is 401 g/mol. The zero-order valence-corrected chi connectivity index (χ0v) is 17.3. The lowest BCUT2D eigenvalue weighted by Crippen LogP contribution is -2.44. The first-order valence-corrected chi connectivity index (χ1v) is 11.2. The zero-order chi connectivity index (χ0) is 20.3. The fourth-order valence-electron chi connectivity index (χ4n) is 4.72. The Hall–Kier alpha value is -2.95. The van der Waals surface area contributed by atoms with Crippen LogP contribution in [0.1, 0.15) is 32.1 Å². The van der Waals surface area contributed by atoms with Crippen LogP contribution in [0.25, 0.3) is 22.2 Å². The molecule has 5 nitrogen and oxygen atoms in total. The number of amides is 1. The fraction of sp³-hybridized carbons (Fsp3) is 0.400. The summed E-state index contributed by atoms with van der Waals surface area (Å²) < 4.78 is 0. The van der Waals surface area contributed by atoms with Crippen LogP contribution in [-0.4, -0.2) is 47.0 Å². The molecule has 30 heavy (non-hydrogen) atoms. The van der Waals surface area contributed by atoms with Gasteiger partial charge in [-0.05, 0) is 38.2 Å². The molecular weight excluding hydrogens is 372 g/mol. The van der Waals surface area contributed by atoms with E-state index in [1.54, 1.807) is 0 Å². The molecule has 0 atom stereocenters. The number of anilines is 1. The van der Waals surface area contributed by atoms with Gasteiger partial charge in [0.1, 0.15) is 0 Å². The average Bonchev–Trinajstić information content (AvgIpc) is 2.84. The number of aromatic nitrogens is 2. The van der Waals surface area contributed by atoms with Gasteiger partial charge in [0.2, 0.25) is 11.9 Å². The predicted octanol–water partition coefficient (Wildman–Crippen LogP) is 4.53. The van der Waals surface area contributed by atoms with Crippen LogP contribution < -0.4 is 4.90 Å². The summed E-state index contributed by atoms with van der Waals surface area (Å²) in [6.45, 7) is 3.54. The van der Waals surface area contributed by atoms with Crippen molar-refractivity contribution in [1.29, 1.82) is 0 Å². The number of likely N-dealkylation sites (tertiary alicyclic amines) is 1. The van der Waals surface area contributed by atoms with Crippen molar-refractivity contribution >= 4 is 22.8 Å². The lowest BCUT2D eigenvalue weighted by molar-refractivity contribution is -0.137. The number of para-hydroxylation sites is 1. The molecule has 5 rings (SSSR count). The molecule has 1 aromatic heterocycles. The van der Waals surface area contributed by atoms with Gasteiger partial charge < -0.3 is 9.80 Å². The quantitative estimate of drug-likeness (QED) is 0.648. The second-order valence-corrected chi connectivity index (χ2v) is 8.40. The monoisotopic (exact) mass is 400 g/mol. The summed E-state index contributed by atoms with van der Waals surface area (Å²) in [6.07, 6.45) is 5.32. The van der Waals surface area contributed by atoms with Crippen LogP contribution in [0, 0.1) is 5.92 Å². The topological polar surface area (TPSA) is 49.3 Å². The minimum atomic E-state index is 0.147. The van der Waals surface area contributed by atoms with E-state index >= 15 is 0 Å². The smallest absolute Gasteiger partial charge is 0.226 e. The highest BCUT2D eigenvalue weighted by Gasteiger charge is 2.30. The summed E-state index contributed by atoms with van der Waals surface area (Å²) in [5.41, 5.74) is 3.04. The molecular formula is C25H28N4O. The second-order valence-electron chi connectivity index (χ2n) is 8.40. The van der Waals surface area contributed by atoms with Crippen LogP contribution in [0.5, 0.6) is 0 Å². The number of nitrogens with zero attached hydrogens (tertiary/aromatic N) is 4. The lowest BCUT2D eigenvalue weighted by atomic mass is 9.94. The first-order valence-electron chi connectivity index (χ1n) is 11.2. The molecule has 0 saturated carbocycles. The van der Waals surface area contributed by atoms with Gasteiger partial charge in [-0.2, -0.15) is 0 Å². The molecule has 0 bridgehead atoms. The van der Waals surface area contributed by atoms with Gasteiger partial charge in [-0.25, -0.2) is 9.97 Å². The Morgan fingerprint density at radius 1 is 0.800 bits per heavy atom. The van der Waals surface area contributed by atoms with Crippen LogP contribution in [0.2, 0.25) is 0 Å². The van der Waals surface area contributed by atoms with Crippen LogP contribution in [-0.2, 0) is 4.79 Å². The van der Waals surface area contributed by atoms with E-state index in [4.69, 9.17) is 9.97 Å². The third-order valence-corrected chi connectivity index (χ3v) is 6.43. The lowest BCUT2D eigenvalue weighted by Gasteiger charge is -2.35. The van der Waals surface area contributed by atoms with Crippen molar-refractivity contribution in [3.05, 3.63) is 54.6 Å². The van der Waals surface area contributed by atoms with Crippen LogP contribution in [0.4, 0.5) is 5.95 Å². The number of piperidine rings is 2. The number of rotatable bonds is 3. The molecule has 3 heterocycles. The maximum absolute atomic E-state index is 12.9. The van der Waals surface area contributed by atoms with Gasteiger partial charge in [0.15, 0.2) is 0 Å². The Bertz CT molecular complexity index is 1020. The van der Waals surface area contributed by atoms with Crippen molar-refractivity contribution < 1.29 is 4.79 Å². The number of carbonyl (C=O) groups excluding carboxylic acids is 1. The van der Waals surface area contributed by atoms with Gasteiger partial charge >= 0.3 is 0 Å². The molecule has 0 aliphatic carbocycles. The highest BCUT2D eigenvalue weighted by atomic mass is 16.2. The Balaban J connectivity index is 1.38. The summed E-state index contributed by atoms with van der Waals surface area (Å²) in [5, 5.41) is 1.07. The van der Waals surface area contributed by atoms with Crippen molar-refractivity contribution in [2.24, 2.45) is 5.92 Å². The van der Waals surface area contributed by atoms with Crippen LogP contribution in [0.3, 0.4) is 0 Å². The van der Waals surface area contributed by atoms with Gasteiger partial charge in [0, 0.05) is 43.0 Å². The molecule has 2 fully saturated rings. The molecule has 0 spiro atoms. The molecule has 154 valence electrons. The van der Waals surface area contributed by atoms with Crippen molar-refractivity contribution in [2.75, 3.05) is 31.1 Å². The minimum Gasteiger partial charge on any atom is -0.342 e. The Morgan fingerprint density at radius 3 is 2.27 bits per heavy atom. The van der Waals surface area contributed by atoms with Crippen LogP contribution >= 0.6 is 0 Å². The largest absolute Gasteiger partial charge is 0.342 e. The van der Waals surface area contributed by atoms with Gasteiger partial charge in [0.25, 0.3) is 0 Å². The van der Waals surface area contributed by atoms with Crippen molar-refractivity contribution in [3.8, 4) is 11.3 Å². The van der Waals surface area contributed by atoms with E-state index < -0.39 is 0 Å². The van der Waals surface area contributed by atoms with E-state index in [2.05, 4.69) is 34.1 Å². The third kappa shape index (κ3) is 3.76. The molecule has 0 radical (unpaired) electrons. The first kappa shape index (κ1) is 19.0. The summed E-state index contributed by atoms with van der Waals surface area (Å²) in [7, 11) is 0. The van der Waals surface area contributed by atoms with Crippen molar-refractivity contribution in [1.82, 2.24) is 14.9 Å². The molecule has 5 heteroatoms. The fourth-order valence-corrected chi connectivity index (χ4v) is 4.72. The van der Waals surface area contributed by atoms with Gasteiger partial charge in [0.05, 0.1) is 11.2 Å². The SMILES string of the molecule is O=C(C1CCN(c2nc(-c3ccccc3)c3ccccc3n2)CC1)N1CCCCC1.